The average Bonchev–Trinajstić information content (AvgIpc) is 2.69. The summed E-state index contributed by atoms with van der Waals surface area (Å²) >= 11 is 0. The minimum Gasteiger partial charge on any atom is -0.373 e. The van der Waals surface area contributed by atoms with Crippen LogP contribution in [0.25, 0.3) is 0 Å². The standard InChI is InChI=1S/C22H28N4/c1-18-6-4-9-22(19(18)2)26-14-12-25(13-15-26)11-10-24(3)21-8-5-7-20(16-21)17-23/h4-9,16H,10-15H2,1-3H3. The fourth-order valence-corrected chi connectivity index (χ4v) is 3.52. The molecule has 26 heavy (non-hydrogen) atoms. The molecule has 0 amide bonds. The van der Waals surface area contributed by atoms with Gasteiger partial charge in [0.15, 0.2) is 0 Å². The fourth-order valence-electron chi connectivity index (χ4n) is 3.52. The van der Waals surface area contributed by atoms with Crippen molar-refractivity contribution in [2.45, 2.75) is 13.8 Å². The maximum Gasteiger partial charge on any atom is 0.0992 e. The second-order valence-corrected chi connectivity index (χ2v) is 7.13. The van der Waals surface area contributed by atoms with Crippen LogP contribution in [-0.2, 0) is 0 Å². The van der Waals surface area contributed by atoms with Crippen molar-refractivity contribution in [2.24, 2.45) is 0 Å². The lowest BCUT2D eigenvalue weighted by Gasteiger charge is -2.37. The Hall–Kier alpha value is -2.51. The lowest BCUT2D eigenvalue weighted by atomic mass is 10.1. The van der Waals surface area contributed by atoms with Crippen molar-refractivity contribution in [1.29, 1.82) is 5.26 Å². The molecule has 0 unspecified atom stereocenters. The number of nitriles is 1. The lowest BCUT2D eigenvalue weighted by Crippen LogP contribution is -2.48. The molecule has 4 nitrogen and oxygen atoms in total. The third-order valence-electron chi connectivity index (χ3n) is 5.46. The maximum atomic E-state index is 9.05. The van der Waals surface area contributed by atoms with Crippen molar-refractivity contribution in [3.8, 4) is 6.07 Å². The van der Waals surface area contributed by atoms with Crippen LogP contribution in [0.15, 0.2) is 42.5 Å². The minimum atomic E-state index is 0.719. The van der Waals surface area contributed by atoms with Crippen LogP contribution < -0.4 is 9.80 Å². The van der Waals surface area contributed by atoms with E-state index in [0.29, 0.717) is 0 Å². The van der Waals surface area contributed by atoms with Gasteiger partial charge in [0.1, 0.15) is 0 Å². The first-order valence-corrected chi connectivity index (χ1v) is 9.33. The fraction of sp³-hybridized carbons (Fsp3) is 0.409. The molecule has 136 valence electrons. The number of aryl methyl sites for hydroxylation is 1. The highest BCUT2D eigenvalue weighted by atomic mass is 15.3. The van der Waals surface area contributed by atoms with E-state index in [9.17, 15) is 0 Å². The molecule has 1 aliphatic rings. The highest BCUT2D eigenvalue weighted by Crippen LogP contribution is 2.24. The van der Waals surface area contributed by atoms with Crippen LogP contribution in [0.2, 0.25) is 0 Å². The Bertz CT molecular complexity index is 785. The van der Waals surface area contributed by atoms with Gasteiger partial charge in [-0.25, -0.2) is 0 Å². The molecule has 0 saturated carbocycles. The SMILES string of the molecule is Cc1cccc(N2CCN(CCN(C)c3cccc(C#N)c3)CC2)c1C. The highest BCUT2D eigenvalue weighted by Gasteiger charge is 2.19. The summed E-state index contributed by atoms with van der Waals surface area (Å²) in [7, 11) is 2.10. The third kappa shape index (κ3) is 4.17. The number of anilines is 2. The van der Waals surface area contributed by atoms with E-state index in [2.05, 4.69) is 65.9 Å². The van der Waals surface area contributed by atoms with Gasteiger partial charge in [-0.3, -0.25) is 4.90 Å². The molecule has 0 spiro atoms. The van der Waals surface area contributed by atoms with Crippen LogP contribution in [0.1, 0.15) is 16.7 Å². The molecule has 0 atom stereocenters. The first kappa shape index (κ1) is 18.3. The van der Waals surface area contributed by atoms with Crippen LogP contribution in [-0.4, -0.2) is 51.2 Å². The molecule has 3 rings (SSSR count). The van der Waals surface area contributed by atoms with Gasteiger partial charge in [-0.1, -0.05) is 18.2 Å². The quantitative estimate of drug-likeness (QED) is 0.829. The first-order chi connectivity index (χ1) is 12.6. The molecule has 0 N–H and O–H groups in total. The van der Waals surface area contributed by atoms with Gasteiger partial charge >= 0.3 is 0 Å². The summed E-state index contributed by atoms with van der Waals surface area (Å²) in [5, 5.41) is 9.05. The molecule has 0 bridgehead atoms. The Morgan fingerprint density at radius 2 is 1.77 bits per heavy atom. The molecular formula is C22H28N4. The zero-order valence-electron chi connectivity index (χ0n) is 16.1. The average molecular weight is 348 g/mol. The summed E-state index contributed by atoms with van der Waals surface area (Å²) in [6.07, 6.45) is 0. The topological polar surface area (TPSA) is 33.5 Å². The van der Waals surface area contributed by atoms with Gasteiger partial charge in [-0.05, 0) is 49.2 Å². The molecule has 1 fully saturated rings. The van der Waals surface area contributed by atoms with Crippen molar-refractivity contribution < 1.29 is 0 Å². The van der Waals surface area contributed by atoms with E-state index in [4.69, 9.17) is 5.26 Å². The molecule has 1 aliphatic heterocycles. The van der Waals surface area contributed by atoms with Crippen LogP contribution in [0.5, 0.6) is 0 Å². The summed E-state index contributed by atoms with van der Waals surface area (Å²) < 4.78 is 0. The van der Waals surface area contributed by atoms with Crippen molar-refractivity contribution >= 4 is 11.4 Å². The number of nitrogens with zero attached hydrogens (tertiary/aromatic N) is 4. The summed E-state index contributed by atoms with van der Waals surface area (Å²) in [5.74, 6) is 0. The van der Waals surface area contributed by atoms with Gasteiger partial charge in [0.2, 0.25) is 0 Å². The van der Waals surface area contributed by atoms with Gasteiger partial charge in [0.25, 0.3) is 0 Å². The lowest BCUT2D eigenvalue weighted by molar-refractivity contribution is 0.263. The van der Waals surface area contributed by atoms with Crippen molar-refractivity contribution in [3.63, 3.8) is 0 Å². The predicted molar refractivity (Wildman–Crippen MR) is 109 cm³/mol. The second-order valence-electron chi connectivity index (χ2n) is 7.13. The zero-order valence-corrected chi connectivity index (χ0v) is 16.1. The van der Waals surface area contributed by atoms with Gasteiger partial charge in [0, 0.05) is 57.7 Å². The molecule has 0 aromatic heterocycles. The number of piperazine rings is 1. The number of benzene rings is 2. The van der Waals surface area contributed by atoms with Crippen LogP contribution in [0.3, 0.4) is 0 Å². The van der Waals surface area contributed by atoms with Crippen LogP contribution >= 0.6 is 0 Å². The number of rotatable bonds is 5. The number of hydrogen-bond donors (Lipinski definition) is 0. The zero-order chi connectivity index (χ0) is 18.5. The van der Waals surface area contributed by atoms with Gasteiger partial charge in [-0.15, -0.1) is 0 Å². The van der Waals surface area contributed by atoms with E-state index in [-0.39, 0.29) is 0 Å². The van der Waals surface area contributed by atoms with Crippen molar-refractivity contribution in [1.82, 2.24) is 4.90 Å². The van der Waals surface area contributed by atoms with Crippen LogP contribution in [0, 0.1) is 25.2 Å². The summed E-state index contributed by atoms with van der Waals surface area (Å²) in [5.41, 5.74) is 5.98. The van der Waals surface area contributed by atoms with Crippen molar-refractivity contribution in [2.75, 3.05) is 56.1 Å². The number of likely N-dealkylation sites (N-methyl/N-ethyl adjacent to an activating group) is 1. The normalized spacial score (nSPS) is 14.9. The Kier molecular flexibility index (Phi) is 5.80. The Morgan fingerprint density at radius 3 is 2.50 bits per heavy atom. The van der Waals surface area contributed by atoms with Gasteiger partial charge in [0.05, 0.1) is 11.6 Å². The summed E-state index contributed by atoms with van der Waals surface area (Å²) in [6, 6.07) is 16.6. The van der Waals surface area contributed by atoms with E-state index in [0.717, 1.165) is 50.5 Å². The third-order valence-corrected chi connectivity index (χ3v) is 5.46. The van der Waals surface area contributed by atoms with Crippen molar-refractivity contribution in [3.05, 3.63) is 59.2 Å². The monoisotopic (exact) mass is 348 g/mol. The Labute approximate surface area is 157 Å². The van der Waals surface area contributed by atoms with E-state index in [1.165, 1.54) is 16.8 Å². The maximum absolute atomic E-state index is 9.05. The molecule has 2 aromatic rings. The molecule has 1 saturated heterocycles. The Morgan fingerprint density at radius 1 is 1.04 bits per heavy atom. The molecule has 2 aromatic carbocycles. The molecule has 4 heteroatoms. The summed E-state index contributed by atoms with van der Waals surface area (Å²) in [6.45, 7) is 10.8. The second kappa shape index (κ2) is 8.25. The molecule has 1 heterocycles. The first-order valence-electron chi connectivity index (χ1n) is 9.33. The molecule has 0 aliphatic carbocycles. The summed E-state index contributed by atoms with van der Waals surface area (Å²) in [4.78, 5) is 7.28. The smallest absolute Gasteiger partial charge is 0.0992 e. The van der Waals surface area contributed by atoms with Crippen LogP contribution in [0.4, 0.5) is 11.4 Å². The van der Waals surface area contributed by atoms with E-state index in [1.807, 2.05) is 18.2 Å². The molecular weight excluding hydrogens is 320 g/mol. The van der Waals surface area contributed by atoms with E-state index < -0.39 is 0 Å². The highest BCUT2D eigenvalue weighted by molar-refractivity contribution is 5.56. The van der Waals surface area contributed by atoms with E-state index in [1.54, 1.807) is 0 Å². The Balaban J connectivity index is 1.51. The van der Waals surface area contributed by atoms with Gasteiger partial charge in [-0.2, -0.15) is 5.26 Å². The molecule has 0 radical (unpaired) electrons. The van der Waals surface area contributed by atoms with Gasteiger partial charge < -0.3 is 9.80 Å². The minimum absolute atomic E-state index is 0.719. The number of hydrogen-bond acceptors (Lipinski definition) is 4. The van der Waals surface area contributed by atoms with E-state index >= 15 is 0 Å². The largest absolute Gasteiger partial charge is 0.373 e. The predicted octanol–water partition coefficient (Wildman–Crippen LogP) is 3.43.